The minimum absolute atomic E-state index is 0.0854. The van der Waals surface area contributed by atoms with Gasteiger partial charge in [0.2, 0.25) is 0 Å². The Kier molecular flexibility index (Phi) is 5.33. The van der Waals surface area contributed by atoms with Gasteiger partial charge < -0.3 is 9.64 Å². The van der Waals surface area contributed by atoms with Gasteiger partial charge in [0.25, 0.3) is 5.91 Å². The Hall–Kier alpha value is -3.21. The van der Waals surface area contributed by atoms with E-state index in [-0.39, 0.29) is 11.8 Å². The fourth-order valence-corrected chi connectivity index (χ4v) is 3.67. The topological polar surface area (TPSA) is 55.3 Å². The first-order valence-electron chi connectivity index (χ1n) is 9.55. The zero-order valence-corrected chi connectivity index (χ0v) is 15.9. The number of carbonyl (C=O) groups excluding carboxylic acids is 1. The van der Waals surface area contributed by atoms with Crippen molar-refractivity contribution in [2.24, 2.45) is 0 Å². The molecule has 142 valence electrons. The summed E-state index contributed by atoms with van der Waals surface area (Å²) in [4.78, 5) is 24.0. The van der Waals surface area contributed by atoms with Crippen molar-refractivity contribution < 1.29 is 9.53 Å². The van der Waals surface area contributed by atoms with Gasteiger partial charge >= 0.3 is 0 Å². The lowest BCUT2D eigenvalue weighted by Gasteiger charge is -2.32. The molecule has 2 heterocycles. The van der Waals surface area contributed by atoms with Crippen molar-refractivity contribution in [3.8, 4) is 17.0 Å². The van der Waals surface area contributed by atoms with Gasteiger partial charge in [-0.1, -0.05) is 30.3 Å². The van der Waals surface area contributed by atoms with Crippen LogP contribution in [0.4, 0.5) is 0 Å². The average Bonchev–Trinajstić information content (AvgIpc) is 2.79. The smallest absolute Gasteiger partial charge is 0.253 e. The molecule has 1 saturated heterocycles. The first-order valence-corrected chi connectivity index (χ1v) is 9.55. The molecule has 1 unspecified atom stereocenters. The van der Waals surface area contributed by atoms with Gasteiger partial charge in [-0.3, -0.25) is 9.78 Å². The third-order valence-corrected chi connectivity index (χ3v) is 5.17. The van der Waals surface area contributed by atoms with Crippen LogP contribution in [0.3, 0.4) is 0 Å². The molecule has 1 aliphatic rings. The molecule has 5 heteroatoms. The lowest BCUT2D eigenvalue weighted by molar-refractivity contribution is 0.0706. The van der Waals surface area contributed by atoms with E-state index in [0.29, 0.717) is 6.54 Å². The van der Waals surface area contributed by atoms with Gasteiger partial charge in [-0.05, 0) is 37.1 Å². The molecule has 0 radical (unpaired) electrons. The molecule has 0 aliphatic carbocycles. The number of benzene rings is 2. The van der Waals surface area contributed by atoms with Gasteiger partial charge in [-0.2, -0.15) is 0 Å². The summed E-state index contributed by atoms with van der Waals surface area (Å²) in [5.41, 5.74) is 3.47. The van der Waals surface area contributed by atoms with Crippen molar-refractivity contribution in [2.45, 2.75) is 18.8 Å². The number of amides is 1. The van der Waals surface area contributed by atoms with Gasteiger partial charge in [-0.15, -0.1) is 0 Å². The van der Waals surface area contributed by atoms with Gasteiger partial charge in [0.15, 0.2) is 0 Å². The van der Waals surface area contributed by atoms with Crippen LogP contribution in [0.2, 0.25) is 0 Å². The second-order valence-electron chi connectivity index (χ2n) is 7.02. The molecule has 5 nitrogen and oxygen atoms in total. The first-order chi connectivity index (χ1) is 13.7. The molecule has 1 aliphatic heterocycles. The molecular weight excluding hydrogens is 350 g/mol. The Morgan fingerprint density at radius 3 is 2.79 bits per heavy atom. The molecule has 1 fully saturated rings. The SMILES string of the molecule is COc1cccc(-c2cncc(C3CCCN(C(=O)c4ccccc4)C3)n2)c1. The number of methoxy groups -OCH3 is 1. The van der Waals surface area contributed by atoms with E-state index in [9.17, 15) is 4.79 Å². The van der Waals surface area contributed by atoms with E-state index in [1.165, 1.54) is 0 Å². The summed E-state index contributed by atoms with van der Waals surface area (Å²) in [6.07, 6.45) is 5.57. The van der Waals surface area contributed by atoms with E-state index in [2.05, 4.69) is 4.98 Å². The summed E-state index contributed by atoms with van der Waals surface area (Å²) in [6.45, 7) is 1.46. The van der Waals surface area contributed by atoms with Crippen LogP contribution in [-0.4, -0.2) is 41.0 Å². The summed E-state index contributed by atoms with van der Waals surface area (Å²) in [5.74, 6) is 1.07. The van der Waals surface area contributed by atoms with Crippen LogP contribution in [-0.2, 0) is 0 Å². The number of piperidine rings is 1. The minimum atomic E-state index is 0.0854. The highest BCUT2D eigenvalue weighted by Crippen LogP contribution is 2.28. The van der Waals surface area contributed by atoms with E-state index >= 15 is 0 Å². The van der Waals surface area contributed by atoms with Gasteiger partial charge in [0, 0.05) is 36.3 Å². The quantitative estimate of drug-likeness (QED) is 0.689. The number of rotatable bonds is 4. The number of nitrogens with zero attached hydrogens (tertiary/aromatic N) is 3. The van der Waals surface area contributed by atoms with Crippen molar-refractivity contribution in [2.75, 3.05) is 20.2 Å². The standard InChI is InChI=1S/C23H23N3O2/c1-28-20-11-5-9-18(13-20)21-14-24-15-22(25-21)19-10-6-12-26(16-19)23(27)17-7-3-2-4-8-17/h2-5,7-9,11,13-15,19H,6,10,12,16H2,1H3. The molecule has 28 heavy (non-hydrogen) atoms. The van der Waals surface area contributed by atoms with E-state index in [4.69, 9.17) is 9.72 Å². The summed E-state index contributed by atoms with van der Waals surface area (Å²) < 4.78 is 5.31. The molecule has 0 spiro atoms. The maximum Gasteiger partial charge on any atom is 0.253 e. The Bertz CT molecular complexity index is 959. The zero-order chi connectivity index (χ0) is 19.3. The van der Waals surface area contributed by atoms with Crippen molar-refractivity contribution in [3.05, 3.63) is 78.2 Å². The second kappa shape index (κ2) is 8.21. The maximum atomic E-state index is 12.8. The van der Waals surface area contributed by atoms with Gasteiger partial charge in [0.1, 0.15) is 5.75 Å². The third kappa shape index (κ3) is 3.88. The fraction of sp³-hybridized carbons (Fsp3) is 0.261. The third-order valence-electron chi connectivity index (χ3n) is 5.17. The van der Waals surface area contributed by atoms with E-state index in [1.54, 1.807) is 13.3 Å². The monoisotopic (exact) mass is 373 g/mol. The lowest BCUT2D eigenvalue weighted by Crippen LogP contribution is -2.39. The van der Waals surface area contributed by atoms with Crippen LogP contribution in [0, 0.1) is 0 Å². The number of ether oxygens (including phenoxy) is 1. The van der Waals surface area contributed by atoms with E-state index in [0.717, 1.165) is 47.7 Å². The van der Waals surface area contributed by atoms with Crippen molar-refractivity contribution in [1.29, 1.82) is 0 Å². The largest absolute Gasteiger partial charge is 0.497 e. The van der Waals surface area contributed by atoms with Gasteiger partial charge in [-0.25, -0.2) is 4.98 Å². The highest BCUT2D eigenvalue weighted by Gasteiger charge is 2.26. The maximum absolute atomic E-state index is 12.8. The highest BCUT2D eigenvalue weighted by molar-refractivity contribution is 5.94. The van der Waals surface area contributed by atoms with Gasteiger partial charge in [0.05, 0.1) is 24.7 Å². The first kappa shape index (κ1) is 18.2. The van der Waals surface area contributed by atoms with Crippen LogP contribution < -0.4 is 4.74 Å². The Morgan fingerprint density at radius 2 is 1.96 bits per heavy atom. The van der Waals surface area contributed by atoms with Crippen molar-refractivity contribution in [3.63, 3.8) is 0 Å². The number of hydrogen-bond donors (Lipinski definition) is 0. The minimum Gasteiger partial charge on any atom is -0.497 e. The molecule has 4 rings (SSSR count). The lowest BCUT2D eigenvalue weighted by atomic mass is 9.94. The molecule has 1 atom stereocenters. The molecule has 0 saturated carbocycles. The highest BCUT2D eigenvalue weighted by atomic mass is 16.5. The summed E-state index contributed by atoms with van der Waals surface area (Å²) >= 11 is 0. The summed E-state index contributed by atoms with van der Waals surface area (Å²) in [6, 6.07) is 17.3. The molecule has 3 aromatic rings. The molecule has 1 aromatic heterocycles. The summed E-state index contributed by atoms with van der Waals surface area (Å²) in [5, 5.41) is 0. The number of carbonyl (C=O) groups is 1. The number of hydrogen-bond acceptors (Lipinski definition) is 4. The number of aromatic nitrogens is 2. The zero-order valence-electron chi connectivity index (χ0n) is 15.9. The predicted octanol–water partition coefficient (Wildman–Crippen LogP) is 4.17. The molecule has 2 aromatic carbocycles. The van der Waals surface area contributed by atoms with Crippen LogP contribution in [0.5, 0.6) is 5.75 Å². The second-order valence-corrected chi connectivity index (χ2v) is 7.02. The van der Waals surface area contributed by atoms with Crippen LogP contribution in [0.25, 0.3) is 11.3 Å². The van der Waals surface area contributed by atoms with E-state index in [1.807, 2.05) is 65.7 Å². The predicted molar refractivity (Wildman–Crippen MR) is 108 cm³/mol. The summed E-state index contributed by atoms with van der Waals surface area (Å²) in [7, 11) is 1.65. The van der Waals surface area contributed by atoms with Crippen LogP contribution in [0.15, 0.2) is 67.0 Å². The van der Waals surface area contributed by atoms with Crippen LogP contribution in [0.1, 0.15) is 34.8 Å². The Morgan fingerprint density at radius 1 is 1.11 bits per heavy atom. The average molecular weight is 373 g/mol. The van der Waals surface area contributed by atoms with Crippen LogP contribution >= 0.6 is 0 Å². The number of likely N-dealkylation sites (tertiary alicyclic amines) is 1. The fourth-order valence-electron chi connectivity index (χ4n) is 3.67. The Balaban J connectivity index is 1.55. The van der Waals surface area contributed by atoms with Crippen molar-refractivity contribution >= 4 is 5.91 Å². The molecule has 0 bridgehead atoms. The normalized spacial score (nSPS) is 16.6. The molecule has 0 N–H and O–H groups in total. The Labute approximate surface area is 165 Å². The molecular formula is C23H23N3O2. The molecule has 1 amide bonds. The van der Waals surface area contributed by atoms with E-state index < -0.39 is 0 Å². The van der Waals surface area contributed by atoms with Crippen molar-refractivity contribution in [1.82, 2.24) is 14.9 Å².